The summed E-state index contributed by atoms with van der Waals surface area (Å²) in [6, 6.07) is 9.92. The highest BCUT2D eigenvalue weighted by Crippen LogP contribution is 2.42. The van der Waals surface area contributed by atoms with Crippen LogP contribution in [0.4, 0.5) is 5.95 Å². The van der Waals surface area contributed by atoms with E-state index in [1.807, 2.05) is 30.3 Å². The first-order chi connectivity index (χ1) is 14.2. The minimum Gasteiger partial charge on any atom is -0.493 e. The van der Waals surface area contributed by atoms with Crippen molar-refractivity contribution in [3.05, 3.63) is 42.7 Å². The fourth-order valence-corrected chi connectivity index (χ4v) is 3.56. The molecular formula is C21H20N6O2. The van der Waals surface area contributed by atoms with Gasteiger partial charge in [-0.15, -0.1) is 0 Å². The quantitative estimate of drug-likeness (QED) is 0.558. The number of hydrogen-bond donors (Lipinski definition) is 1. The zero-order valence-corrected chi connectivity index (χ0v) is 16.2. The second-order valence-corrected chi connectivity index (χ2v) is 6.94. The molecule has 0 amide bonds. The van der Waals surface area contributed by atoms with Crippen molar-refractivity contribution in [1.29, 1.82) is 0 Å². The predicted octanol–water partition coefficient (Wildman–Crippen LogP) is 3.49. The van der Waals surface area contributed by atoms with Gasteiger partial charge < -0.3 is 19.8 Å². The molecule has 8 heteroatoms. The first-order valence-electron chi connectivity index (χ1n) is 9.38. The molecule has 1 aliphatic rings. The molecule has 5 rings (SSSR count). The van der Waals surface area contributed by atoms with E-state index in [2.05, 4.69) is 19.5 Å². The number of ether oxygens (including phenoxy) is 2. The average molecular weight is 388 g/mol. The summed E-state index contributed by atoms with van der Waals surface area (Å²) in [6.07, 6.45) is 5.72. The molecule has 1 aliphatic carbocycles. The van der Waals surface area contributed by atoms with Crippen LogP contribution in [0.5, 0.6) is 11.5 Å². The number of methoxy groups -OCH3 is 2. The lowest BCUT2D eigenvalue weighted by molar-refractivity contribution is 0.355. The summed E-state index contributed by atoms with van der Waals surface area (Å²) in [5.41, 5.74) is 10.1. The topological polar surface area (TPSA) is 101 Å². The molecule has 4 aromatic rings. The molecule has 3 heterocycles. The van der Waals surface area contributed by atoms with Crippen LogP contribution < -0.4 is 15.2 Å². The van der Waals surface area contributed by atoms with Crippen LogP contribution in [0.25, 0.3) is 33.8 Å². The molecule has 146 valence electrons. The Balaban J connectivity index is 1.77. The number of imidazole rings is 1. The van der Waals surface area contributed by atoms with E-state index < -0.39 is 0 Å². The van der Waals surface area contributed by atoms with Crippen molar-refractivity contribution in [3.63, 3.8) is 0 Å². The van der Waals surface area contributed by atoms with Crippen LogP contribution in [0.2, 0.25) is 0 Å². The summed E-state index contributed by atoms with van der Waals surface area (Å²) in [6.45, 7) is 0. The Morgan fingerprint density at radius 1 is 0.931 bits per heavy atom. The molecule has 0 atom stereocenters. The minimum atomic E-state index is 0.213. The Hall–Kier alpha value is -3.68. The van der Waals surface area contributed by atoms with Crippen molar-refractivity contribution >= 4 is 17.1 Å². The second-order valence-electron chi connectivity index (χ2n) is 6.94. The molecule has 1 fully saturated rings. The summed E-state index contributed by atoms with van der Waals surface area (Å²) in [5, 5.41) is 0. The third-order valence-electron chi connectivity index (χ3n) is 5.06. The fraction of sp³-hybridized carbons (Fsp3) is 0.238. The van der Waals surface area contributed by atoms with Gasteiger partial charge in [-0.25, -0.2) is 9.97 Å². The monoisotopic (exact) mass is 388 g/mol. The summed E-state index contributed by atoms with van der Waals surface area (Å²) in [7, 11) is 3.21. The van der Waals surface area contributed by atoms with Gasteiger partial charge in [-0.2, -0.15) is 4.98 Å². The van der Waals surface area contributed by atoms with Crippen LogP contribution in [-0.2, 0) is 0 Å². The van der Waals surface area contributed by atoms with Crippen molar-refractivity contribution in [2.75, 3.05) is 20.0 Å². The molecule has 3 aromatic heterocycles. The maximum absolute atomic E-state index is 6.10. The van der Waals surface area contributed by atoms with E-state index in [0.717, 1.165) is 35.4 Å². The van der Waals surface area contributed by atoms with Crippen molar-refractivity contribution < 1.29 is 9.47 Å². The maximum Gasteiger partial charge on any atom is 0.222 e. The Bertz CT molecular complexity index is 1200. The van der Waals surface area contributed by atoms with Crippen LogP contribution in [-0.4, -0.2) is 38.7 Å². The highest BCUT2D eigenvalue weighted by Gasteiger charge is 2.31. The molecule has 0 unspecified atom stereocenters. The van der Waals surface area contributed by atoms with Crippen molar-refractivity contribution in [1.82, 2.24) is 24.5 Å². The first kappa shape index (κ1) is 17.4. The Kier molecular flexibility index (Phi) is 4.04. The van der Waals surface area contributed by atoms with E-state index in [4.69, 9.17) is 20.2 Å². The van der Waals surface area contributed by atoms with Crippen molar-refractivity contribution in [2.45, 2.75) is 18.9 Å². The largest absolute Gasteiger partial charge is 0.493 e. The first-order valence-corrected chi connectivity index (χ1v) is 9.38. The lowest BCUT2D eigenvalue weighted by atomic mass is 10.1. The highest BCUT2D eigenvalue weighted by molar-refractivity contribution is 5.91. The number of rotatable bonds is 5. The highest BCUT2D eigenvalue weighted by atomic mass is 16.5. The number of hydrogen-bond acceptors (Lipinski definition) is 7. The van der Waals surface area contributed by atoms with E-state index in [1.54, 1.807) is 26.6 Å². The van der Waals surface area contributed by atoms with Crippen molar-refractivity contribution in [3.8, 4) is 34.1 Å². The number of anilines is 1. The molecule has 8 nitrogen and oxygen atoms in total. The number of fused-ring (bicyclic) bond motifs is 1. The molecular weight excluding hydrogens is 368 g/mol. The van der Waals surface area contributed by atoms with E-state index in [0.29, 0.717) is 28.8 Å². The van der Waals surface area contributed by atoms with Gasteiger partial charge in [-0.1, -0.05) is 0 Å². The lowest BCUT2D eigenvalue weighted by Gasteiger charge is -2.10. The van der Waals surface area contributed by atoms with Crippen LogP contribution >= 0.6 is 0 Å². The standard InChI is InChI=1S/C21H20N6O2/c1-28-15-6-3-13(11-16(15)29-2)17-18-20(26-21(22)25-17)27(14-4-5-14)19(24-18)12-7-9-23-10-8-12/h3,6-11,14H,4-5H2,1-2H3,(H2,22,25,26). The summed E-state index contributed by atoms with van der Waals surface area (Å²) >= 11 is 0. The van der Waals surface area contributed by atoms with Crippen LogP contribution in [0, 0.1) is 0 Å². The molecule has 1 aromatic carbocycles. The van der Waals surface area contributed by atoms with Gasteiger partial charge in [0.05, 0.1) is 14.2 Å². The maximum atomic E-state index is 6.10. The molecule has 0 saturated heterocycles. The minimum absolute atomic E-state index is 0.213. The number of nitrogen functional groups attached to an aromatic ring is 1. The van der Waals surface area contributed by atoms with E-state index >= 15 is 0 Å². The molecule has 29 heavy (non-hydrogen) atoms. The fourth-order valence-electron chi connectivity index (χ4n) is 3.56. The van der Waals surface area contributed by atoms with Gasteiger partial charge in [0.25, 0.3) is 0 Å². The molecule has 0 aliphatic heterocycles. The van der Waals surface area contributed by atoms with E-state index in [9.17, 15) is 0 Å². The predicted molar refractivity (Wildman–Crippen MR) is 110 cm³/mol. The molecule has 2 N–H and O–H groups in total. The van der Waals surface area contributed by atoms with Crippen LogP contribution in [0.1, 0.15) is 18.9 Å². The smallest absolute Gasteiger partial charge is 0.222 e. The second kappa shape index (κ2) is 6.73. The van der Waals surface area contributed by atoms with Crippen LogP contribution in [0.3, 0.4) is 0 Å². The molecule has 0 spiro atoms. The molecule has 0 bridgehead atoms. The van der Waals surface area contributed by atoms with Crippen LogP contribution in [0.15, 0.2) is 42.7 Å². The van der Waals surface area contributed by atoms with E-state index in [1.165, 1.54) is 0 Å². The summed E-state index contributed by atoms with van der Waals surface area (Å²) in [4.78, 5) is 18.1. The third kappa shape index (κ3) is 2.93. The average Bonchev–Trinajstić information content (AvgIpc) is 3.53. The van der Waals surface area contributed by atoms with Crippen molar-refractivity contribution in [2.24, 2.45) is 0 Å². The van der Waals surface area contributed by atoms with Gasteiger partial charge >= 0.3 is 0 Å². The Morgan fingerprint density at radius 2 is 1.69 bits per heavy atom. The number of nitrogens with zero attached hydrogens (tertiary/aromatic N) is 5. The number of nitrogens with two attached hydrogens (primary N) is 1. The Morgan fingerprint density at radius 3 is 2.38 bits per heavy atom. The van der Waals surface area contributed by atoms with Gasteiger partial charge in [-0.3, -0.25) is 4.98 Å². The number of pyridine rings is 1. The zero-order valence-electron chi connectivity index (χ0n) is 16.2. The van der Waals surface area contributed by atoms with Gasteiger partial charge in [0, 0.05) is 29.6 Å². The van der Waals surface area contributed by atoms with Gasteiger partial charge in [-0.05, 0) is 43.2 Å². The number of benzene rings is 1. The van der Waals surface area contributed by atoms with Gasteiger partial charge in [0.15, 0.2) is 17.1 Å². The summed E-state index contributed by atoms with van der Waals surface area (Å²) in [5.74, 6) is 2.33. The third-order valence-corrected chi connectivity index (χ3v) is 5.06. The normalized spacial score (nSPS) is 13.6. The number of aromatic nitrogens is 5. The molecule has 1 saturated carbocycles. The lowest BCUT2D eigenvalue weighted by Crippen LogP contribution is -2.02. The zero-order chi connectivity index (χ0) is 20.0. The van der Waals surface area contributed by atoms with E-state index in [-0.39, 0.29) is 5.95 Å². The van der Waals surface area contributed by atoms with Gasteiger partial charge in [0.1, 0.15) is 17.0 Å². The Labute approximate surface area is 167 Å². The summed E-state index contributed by atoms with van der Waals surface area (Å²) < 4.78 is 13.0. The van der Waals surface area contributed by atoms with Gasteiger partial charge in [0.2, 0.25) is 5.95 Å². The SMILES string of the molecule is COc1ccc(-c2nc(N)nc3c2nc(-c2ccncc2)n3C2CC2)cc1OC. The molecule has 0 radical (unpaired) electrons.